The molecule has 9 nitrogen and oxygen atoms in total. The Bertz CT molecular complexity index is 1340. The van der Waals surface area contributed by atoms with Crippen LogP contribution in [0.15, 0.2) is 53.4 Å². The zero-order valence-electron chi connectivity index (χ0n) is 18.5. The quantitative estimate of drug-likeness (QED) is 0.474. The summed E-state index contributed by atoms with van der Waals surface area (Å²) in [6.45, 7) is 0.789. The second kappa shape index (κ2) is 11.3. The molecule has 3 heterocycles. The highest BCUT2D eigenvalue weighted by Crippen LogP contribution is 2.29. The molecule has 0 aliphatic heterocycles. The van der Waals surface area contributed by atoms with Gasteiger partial charge in [-0.1, -0.05) is 0 Å². The Kier molecular flexibility index (Phi) is 8.86. The number of hydrogen-bond acceptors (Lipinski definition) is 6. The first kappa shape index (κ1) is 29.1. The molecule has 0 fully saturated rings. The van der Waals surface area contributed by atoms with Gasteiger partial charge in [-0.2, -0.15) is 40.2 Å². The van der Waals surface area contributed by atoms with Crippen LogP contribution in [0, 0.1) is 6.92 Å². The van der Waals surface area contributed by atoms with Gasteiger partial charge in [-0.3, -0.25) is 9.97 Å². The minimum absolute atomic E-state index is 0.311. The fourth-order valence-electron chi connectivity index (χ4n) is 2.70. The number of aryl methyl sites for hydroxylation is 1. The van der Waals surface area contributed by atoms with Gasteiger partial charge in [0.05, 0.1) is 24.1 Å². The standard InChI is InChI=1S/C18H15F5N6O.C2HF3O2/c1-10-4-13(28-9-27-29(17(28)30)8-12(5-24)16(19)20)7-26-15(10)11-2-3-14(25-6-11)18(21,22)23;3-2(4,5)1(6)7/h2-4,6-7,9H,5,8,24H2,1H3;(H,6,7). The predicted molar refractivity (Wildman–Crippen MR) is 111 cm³/mol. The molecule has 3 aromatic rings. The molecule has 0 saturated heterocycles. The molecule has 0 aliphatic carbocycles. The number of aliphatic carboxylic acids is 1. The third kappa shape index (κ3) is 7.42. The number of carboxylic acids is 1. The SMILES string of the molecule is Cc1cc(-n2cnn(CC(CN)=C(F)F)c2=O)cnc1-c1ccc(C(F)(F)F)nc1.O=C(O)C(F)(F)F. The van der Waals surface area contributed by atoms with Gasteiger partial charge in [0.2, 0.25) is 0 Å². The molecule has 0 saturated carbocycles. The third-order valence-corrected chi connectivity index (χ3v) is 4.50. The van der Waals surface area contributed by atoms with Crippen molar-refractivity contribution >= 4 is 5.97 Å². The third-order valence-electron chi connectivity index (χ3n) is 4.50. The molecule has 0 unspecified atom stereocenters. The van der Waals surface area contributed by atoms with Crippen LogP contribution in [0.5, 0.6) is 0 Å². The molecule has 37 heavy (non-hydrogen) atoms. The number of pyridine rings is 2. The van der Waals surface area contributed by atoms with E-state index in [1.165, 1.54) is 12.3 Å². The topological polar surface area (TPSA) is 129 Å². The van der Waals surface area contributed by atoms with Crippen LogP contribution in [0.4, 0.5) is 35.1 Å². The van der Waals surface area contributed by atoms with E-state index in [-0.39, 0.29) is 0 Å². The van der Waals surface area contributed by atoms with Crippen molar-refractivity contribution in [2.24, 2.45) is 5.73 Å². The lowest BCUT2D eigenvalue weighted by molar-refractivity contribution is -0.192. The fraction of sp³-hybridized carbons (Fsp3) is 0.250. The number of nitrogens with zero attached hydrogens (tertiary/aromatic N) is 5. The zero-order chi connectivity index (χ0) is 28.1. The predicted octanol–water partition coefficient (Wildman–Crippen LogP) is 3.56. The molecule has 0 bridgehead atoms. The second-order valence-corrected chi connectivity index (χ2v) is 7.10. The number of nitrogens with two attached hydrogens (primary N) is 1. The minimum atomic E-state index is -5.08. The molecule has 17 heteroatoms. The van der Waals surface area contributed by atoms with Gasteiger partial charge in [-0.25, -0.2) is 18.8 Å². The smallest absolute Gasteiger partial charge is 0.475 e. The molecule has 0 spiro atoms. The normalized spacial score (nSPS) is 11.5. The molecule has 0 amide bonds. The van der Waals surface area contributed by atoms with Crippen molar-refractivity contribution in [3.63, 3.8) is 0 Å². The van der Waals surface area contributed by atoms with Crippen LogP contribution in [-0.2, 0) is 17.5 Å². The van der Waals surface area contributed by atoms with Gasteiger partial charge < -0.3 is 10.8 Å². The van der Waals surface area contributed by atoms with Gasteiger partial charge in [0, 0.05) is 23.9 Å². The number of alkyl halides is 6. The number of carbonyl (C=O) groups is 1. The average molecular weight is 540 g/mol. The Morgan fingerprint density at radius 2 is 1.70 bits per heavy atom. The molecule has 0 aliphatic rings. The van der Waals surface area contributed by atoms with E-state index in [9.17, 15) is 39.9 Å². The Morgan fingerprint density at radius 1 is 1.08 bits per heavy atom. The Labute approximate surface area is 201 Å². The van der Waals surface area contributed by atoms with Crippen LogP contribution in [0.2, 0.25) is 0 Å². The number of halogens is 8. The van der Waals surface area contributed by atoms with Crippen LogP contribution in [0.1, 0.15) is 11.3 Å². The summed E-state index contributed by atoms with van der Waals surface area (Å²) < 4.78 is 97.2. The van der Waals surface area contributed by atoms with Crippen molar-refractivity contribution in [3.05, 3.63) is 70.3 Å². The van der Waals surface area contributed by atoms with E-state index in [4.69, 9.17) is 15.6 Å². The lowest BCUT2D eigenvalue weighted by atomic mass is 10.1. The summed E-state index contributed by atoms with van der Waals surface area (Å²) in [6, 6.07) is 3.68. The maximum atomic E-state index is 12.8. The maximum absolute atomic E-state index is 12.8. The first-order valence-corrected chi connectivity index (χ1v) is 9.74. The molecule has 0 atom stereocenters. The highest BCUT2D eigenvalue weighted by atomic mass is 19.4. The van der Waals surface area contributed by atoms with E-state index in [1.54, 1.807) is 13.0 Å². The summed E-state index contributed by atoms with van der Waals surface area (Å²) in [5.41, 5.74) is 4.76. The molecule has 3 N–H and O–H groups in total. The van der Waals surface area contributed by atoms with E-state index in [0.717, 1.165) is 27.8 Å². The van der Waals surface area contributed by atoms with E-state index < -0.39 is 54.4 Å². The van der Waals surface area contributed by atoms with Gasteiger partial charge in [-0.05, 0) is 30.7 Å². The van der Waals surface area contributed by atoms with E-state index in [2.05, 4.69) is 15.1 Å². The van der Waals surface area contributed by atoms with Crippen LogP contribution in [0.3, 0.4) is 0 Å². The number of rotatable bonds is 5. The molecular weight excluding hydrogens is 524 g/mol. The number of carboxylic acid groups (broad SMARTS) is 1. The summed E-state index contributed by atoms with van der Waals surface area (Å²) in [5, 5.41) is 10.9. The van der Waals surface area contributed by atoms with E-state index in [0.29, 0.717) is 22.5 Å². The molecule has 0 aromatic carbocycles. The first-order chi connectivity index (χ1) is 17.1. The van der Waals surface area contributed by atoms with Crippen molar-refractivity contribution in [2.45, 2.75) is 25.8 Å². The molecule has 0 radical (unpaired) electrons. The van der Waals surface area contributed by atoms with Crippen LogP contribution >= 0.6 is 0 Å². The van der Waals surface area contributed by atoms with E-state index in [1.807, 2.05) is 0 Å². The monoisotopic (exact) mass is 540 g/mol. The fourth-order valence-corrected chi connectivity index (χ4v) is 2.70. The van der Waals surface area contributed by atoms with Crippen LogP contribution < -0.4 is 11.4 Å². The highest BCUT2D eigenvalue weighted by Gasteiger charge is 2.38. The van der Waals surface area contributed by atoms with Crippen molar-refractivity contribution in [1.82, 2.24) is 24.3 Å². The number of aromatic nitrogens is 5. The summed E-state index contributed by atoms with van der Waals surface area (Å²) in [5.74, 6) is -2.76. The highest BCUT2D eigenvalue weighted by molar-refractivity contribution is 5.73. The molecule has 200 valence electrons. The van der Waals surface area contributed by atoms with Crippen LogP contribution in [-0.4, -0.2) is 48.1 Å². The van der Waals surface area contributed by atoms with E-state index >= 15 is 0 Å². The lowest BCUT2D eigenvalue weighted by Crippen LogP contribution is -2.26. The number of hydrogen-bond donors (Lipinski definition) is 2. The van der Waals surface area contributed by atoms with Crippen molar-refractivity contribution in [1.29, 1.82) is 0 Å². The molecular formula is C20H16F8N6O3. The van der Waals surface area contributed by atoms with Crippen LogP contribution in [0.25, 0.3) is 16.9 Å². The van der Waals surface area contributed by atoms with Crippen molar-refractivity contribution < 1.29 is 45.0 Å². The lowest BCUT2D eigenvalue weighted by Gasteiger charge is -2.09. The summed E-state index contributed by atoms with van der Waals surface area (Å²) >= 11 is 0. The summed E-state index contributed by atoms with van der Waals surface area (Å²) in [6.07, 6.45) is -8.05. The average Bonchev–Trinajstić information content (AvgIpc) is 3.16. The Hall–Kier alpha value is -4.15. The molecule has 3 aromatic heterocycles. The van der Waals surface area contributed by atoms with Gasteiger partial charge in [0.25, 0.3) is 6.08 Å². The first-order valence-electron chi connectivity index (χ1n) is 9.74. The largest absolute Gasteiger partial charge is 0.490 e. The van der Waals surface area contributed by atoms with Gasteiger partial charge >= 0.3 is 24.0 Å². The Morgan fingerprint density at radius 3 is 2.14 bits per heavy atom. The molecule has 3 rings (SSSR count). The summed E-state index contributed by atoms with van der Waals surface area (Å²) in [7, 11) is 0. The maximum Gasteiger partial charge on any atom is 0.490 e. The van der Waals surface area contributed by atoms with Gasteiger partial charge in [-0.15, -0.1) is 0 Å². The van der Waals surface area contributed by atoms with Crippen molar-refractivity contribution in [2.75, 3.05) is 6.54 Å². The van der Waals surface area contributed by atoms with Gasteiger partial charge in [0.15, 0.2) is 0 Å². The van der Waals surface area contributed by atoms with Gasteiger partial charge in [0.1, 0.15) is 12.0 Å². The van der Waals surface area contributed by atoms with Crippen molar-refractivity contribution in [3.8, 4) is 16.9 Å². The Balaban J connectivity index is 0.000000604. The summed E-state index contributed by atoms with van der Waals surface area (Å²) in [4.78, 5) is 29.0. The zero-order valence-corrected chi connectivity index (χ0v) is 18.5. The second-order valence-electron chi connectivity index (χ2n) is 7.10. The minimum Gasteiger partial charge on any atom is -0.475 e.